The Morgan fingerprint density at radius 1 is 1.40 bits per heavy atom. The van der Waals surface area contributed by atoms with Gasteiger partial charge in [-0.05, 0) is 24.1 Å². The van der Waals surface area contributed by atoms with Crippen LogP contribution in [0.3, 0.4) is 0 Å². The molecule has 4 nitrogen and oxygen atoms in total. The largest absolute Gasteiger partial charge is 0.347 e. The number of hydrogen-bond donors (Lipinski definition) is 0. The average Bonchev–Trinajstić information content (AvgIpc) is 2.22. The van der Waals surface area contributed by atoms with E-state index in [-0.39, 0.29) is 5.69 Å². The minimum absolute atomic E-state index is 0.237. The summed E-state index contributed by atoms with van der Waals surface area (Å²) in [6.45, 7) is 2.49. The molecule has 0 unspecified atom stereocenters. The summed E-state index contributed by atoms with van der Waals surface area (Å²) in [4.78, 5) is 19.1. The lowest BCUT2D eigenvalue weighted by Crippen LogP contribution is -2.21. The Kier molecular flexibility index (Phi) is 2.58. The number of pyridine rings is 1. The molecule has 0 N–H and O–H groups in total. The average molecular weight is 201 g/mol. The molecule has 4 heteroatoms. The quantitative estimate of drug-likeness (QED) is 0.728. The molecule has 0 spiro atoms. The maximum Gasteiger partial charge on any atom is 0.347 e. The first-order valence-corrected chi connectivity index (χ1v) is 4.68. The van der Waals surface area contributed by atoms with Crippen LogP contribution in [0.2, 0.25) is 0 Å². The van der Waals surface area contributed by atoms with E-state index in [1.54, 1.807) is 29.2 Å². The Hall–Kier alpha value is -1.97. The fraction of sp³-hybridized carbons (Fsp3) is 0.182. The highest BCUT2D eigenvalue weighted by Crippen LogP contribution is 2.02. The smallest absolute Gasteiger partial charge is 0.295 e. The van der Waals surface area contributed by atoms with Gasteiger partial charge in [0.05, 0.1) is 6.54 Å². The third-order valence-corrected chi connectivity index (χ3v) is 2.07. The summed E-state index contributed by atoms with van der Waals surface area (Å²) in [5.74, 6) is 0. The predicted molar refractivity (Wildman–Crippen MR) is 56.6 cm³/mol. The maximum atomic E-state index is 11.3. The summed E-state index contributed by atoms with van der Waals surface area (Å²) < 4.78 is 1.55. The standard InChI is InChI=1S/C11H11N3O/c1-9-5-10(7-12-6-9)8-14-4-2-3-13-11(14)15/h2-7H,8H2,1H3. The third kappa shape index (κ3) is 2.28. The van der Waals surface area contributed by atoms with E-state index in [9.17, 15) is 4.79 Å². The van der Waals surface area contributed by atoms with E-state index in [0.717, 1.165) is 11.1 Å². The van der Waals surface area contributed by atoms with Crippen LogP contribution in [0.15, 0.2) is 41.7 Å². The zero-order chi connectivity index (χ0) is 10.7. The van der Waals surface area contributed by atoms with Gasteiger partial charge in [0.2, 0.25) is 0 Å². The molecule has 0 saturated heterocycles. The fourth-order valence-electron chi connectivity index (χ4n) is 1.41. The molecule has 0 bridgehead atoms. The van der Waals surface area contributed by atoms with Crippen LogP contribution in [0.4, 0.5) is 0 Å². The third-order valence-electron chi connectivity index (χ3n) is 2.07. The highest BCUT2D eigenvalue weighted by molar-refractivity contribution is 5.16. The van der Waals surface area contributed by atoms with Crippen LogP contribution in [-0.2, 0) is 6.54 Å². The molecular formula is C11H11N3O. The number of rotatable bonds is 2. The lowest BCUT2D eigenvalue weighted by Gasteiger charge is -2.04. The van der Waals surface area contributed by atoms with Crippen molar-refractivity contribution >= 4 is 0 Å². The lowest BCUT2D eigenvalue weighted by molar-refractivity contribution is 0.724. The molecular weight excluding hydrogens is 190 g/mol. The van der Waals surface area contributed by atoms with Crippen molar-refractivity contribution in [3.8, 4) is 0 Å². The van der Waals surface area contributed by atoms with Crippen molar-refractivity contribution in [2.75, 3.05) is 0 Å². The van der Waals surface area contributed by atoms with Crippen molar-refractivity contribution in [1.82, 2.24) is 14.5 Å². The van der Waals surface area contributed by atoms with Crippen LogP contribution < -0.4 is 5.69 Å². The van der Waals surface area contributed by atoms with Crippen molar-refractivity contribution < 1.29 is 0 Å². The number of nitrogens with zero attached hydrogens (tertiary/aromatic N) is 3. The van der Waals surface area contributed by atoms with Crippen LogP contribution in [-0.4, -0.2) is 14.5 Å². The molecule has 0 radical (unpaired) electrons. The highest BCUT2D eigenvalue weighted by Gasteiger charge is 1.98. The van der Waals surface area contributed by atoms with Gasteiger partial charge < -0.3 is 0 Å². The Morgan fingerprint density at radius 3 is 3.00 bits per heavy atom. The van der Waals surface area contributed by atoms with Crippen molar-refractivity contribution in [2.24, 2.45) is 0 Å². The fourth-order valence-corrected chi connectivity index (χ4v) is 1.41. The minimum atomic E-state index is -0.237. The van der Waals surface area contributed by atoms with Crippen molar-refractivity contribution in [2.45, 2.75) is 13.5 Å². The van der Waals surface area contributed by atoms with Crippen LogP contribution in [0, 0.1) is 6.92 Å². The molecule has 0 fully saturated rings. The van der Waals surface area contributed by atoms with E-state index >= 15 is 0 Å². The van der Waals surface area contributed by atoms with E-state index < -0.39 is 0 Å². The molecule has 0 amide bonds. The molecule has 0 aromatic carbocycles. The van der Waals surface area contributed by atoms with Crippen LogP contribution in [0.1, 0.15) is 11.1 Å². The zero-order valence-electron chi connectivity index (χ0n) is 8.42. The summed E-state index contributed by atoms with van der Waals surface area (Å²) in [6, 6.07) is 3.75. The molecule has 2 aromatic rings. The molecule has 2 aromatic heterocycles. The van der Waals surface area contributed by atoms with Gasteiger partial charge in [0.25, 0.3) is 0 Å². The first-order chi connectivity index (χ1) is 7.25. The minimum Gasteiger partial charge on any atom is -0.295 e. The van der Waals surface area contributed by atoms with E-state index in [1.807, 2.05) is 13.0 Å². The van der Waals surface area contributed by atoms with Crippen molar-refractivity contribution in [3.63, 3.8) is 0 Å². The SMILES string of the molecule is Cc1cncc(Cn2cccnc2=O)c1. The van der Waals surface area contributed by atoms with E-state index in [0.29, 0.717) is 6.54 Å². The number of aromatic nitrogens is 3. The summed E-state index contributed by atoms with van der Waals surface area (Å²) >= 11 is 0. The predicted octanol–water partition coefficient (Wildman–Crippen LogP) is 0.995. The van der Waals surface area contributed by atoms with E-state index in [2.05, 4.69) is 9.97 Å². The van der Waals surface area contributed by atoms with Gasteiger partial charge in [0.15, 0.2) is 0 Å². The van der Waals surface area contributed by atoms with Gasteiger partial charge in [0, 0.05) is 24.8 Å². The summed E-state index contributed by atoms with van der Waals surface area (Å²) in [7, 11) is 0. The molecule has 2 heterocycles. The van der Waals surface area contributed by atoms with Gasteiger partial charge in [-0.2, -0.15) is 0 Å². The topological polar surface area (TPSA) is 47.8 Å². The monoisotopic (exact) mass is 201 g/mol. The van der Waals surface area contributed by atoms with Gasteiger partial charge in [-0.25, -0.2) is 9.78 Å². The Labute approximate surface area is 87.2 Å². The van der Waals surface area contributed by atoms with Crippen LogP contribution >= 0.6 is 0 Å². The molecule has 76 valence electrons. The number of aryl methyl sites for hydroxylation is 1. The maximum absolute atomic E-state index is 11.3. The molecule has 0 saturated carbocycles. The Morgan fingerprint density at radius 2 is 2.27 bits per heavy atom. The van der Waals surface area contributed by atoms with Gasteiger partial charge in [0.1, 0.15) is 0 Å². The second-order valence-electron chi connectivity index (χ2n) is 3.40. The molecule has 2 rings (SSSR count). The summed E-state index contributed by atoms with van der Waals surface area (Å²) in [5.41, 5.74) is 1.86. The van der Waals surface area contributed by atoms with Crippen LogP contribution in [0.5, 0.6) is 0 Å². The molecule has 0 aliphatic carbocycles. The zero-order valence-corrected chi connectivity index (χ0v) is 8.42. The van der Waals surface area contributed by atoms with E-state index in [4.69, 9.17) is 0 Å². The van der Waals surface area contributed by atoms with E-state index in [1.165, 1.54) is 6.20 Å². The Balaban J connectivity index is 2.30. The lowest BCUT2D eigenvalue weighted by atomic mass is 10.2. The molecule has 0 atom stereocenters. The second kappa shape index (κ2) is 4.04. The molecule has 0 aliphatic heterocycles. The number of hydrogen-bond acceptors (Lipinski definition) is 3. The van der Waals surface area contributed by atoms with Crippen molar-refractivity contribution in [3.05, 3.63) is 58.5 Å². The van der Waals surface area contributed by atoms with Crippen molar-refractivity contribution in [1.29, 1.82) is 0 Å². The second-order valence-corrected chi connectivity index (χ2v) is 3.40. The normalized spacial score (nSPS) is 10.2. The van der Waals surface area contributed by atoms with Gasteiger partial charge in [-0.3, -0.25) is 9.55 Å². The van der Waals surface area contributed by atoms with Crippen LogP contribution in [0.25, 0.3) is 0 Å². The van der Waals surface area contributed by atoms with Gasteiger partial charge in [-0.15, -0.1) is 0 Å². The van der Waals surface area contributed by atoms with Gasteiger partial charge in [-0.1, -0.05) is 6.07 Å². The summed E-state index contributed by atoms with van der Waals surface area (Å²) in [6.07, 6.45) is 6.76. The van der Waals surface area contributed by atoms with Gasteiger partial charge >= 0.3 is 5.69 Å². The first-order valence-electron chi connectivity index (χ1n) is 4.68. The first kappa shape index (κ1) is 9.58. The Bertz CT molecular complexity index is 519. The summed E-state index contributed by atoms with van der Waals surface area (Å²) in [5, 5.41) is 0. The highest BCUT2D eigenvalue weighted by atomic mass is 16.1. The molecule has 15 heavy (non-hydrogen) atoms. The molecule has 0 aliphatic rings.